The maximum absolute atomic E-state index is 12.2. The topological polar surface area (TPSA) is 68.0 Å². The minimum atomic E-state index is 0.196. The number of thioether (sulfide) groups is 1. The van der Waals surface area contributed by atoms with E-state index in [0.29, 0.717) is 12.6 Å². The predicted molar refractivity (Wildman–Crippen MR) is 114 cm³/mol. The lowest BCUT2D eigenvalue weighted by molar-refractivity contribution is -0.129. The van der Waals surface area contributed by atoms with Crippen LogP contribution in [0.3, 0.4) is 0 Å². The van der Waals surface area contributed by atoms with Crippen LogP contribution in [-0.2, 0) is 9.53 Å². The molecule has 150 valence electrons. The Hall–Kier alpha value is -1.56. The van der Waals surface area contributed by atoms with Crippen LogP contribution in [-0.4, -0.2) is 59.9 Å². The van der Waals surface area contributed by atoms with Gasteiger partial charge in [0, 0.05) is 24.1 Å². The zero-order chi connectivity index (χ0) is 18.9. The van der Waals surface area contributed by atoms with Gasteiger partial charge in [0.25, 0.3) is 5.04 Å². The number of likely N-dealkylation sites (tertiary alicyclic amines) is 1. The van der Waals surface area contributed by atoms with E-state index in [2.05, 4.69) is 15.0 Å². The van der Waals surface area contributed by atoms with E-state index < -0.39 is 0 Å². The van der Waals surface area contributed by atoms with E-state index in [9.17, 15) is 4.79 Å². The maximum Gasteiger partial charge on any atom is 0.382 e. The summed E-state index contributed by atoms with van der Waals surface area (Å²) in [6.45, 7) is 2.35. The molecule has 5 rings (SSSR count). The molecule has 1 unspecified atom stereocenters. The molecule has 1 amide bonds. The molecule has 1 atom stereocenters. The Bertz CT molecular complexity index is 769. The normalized spacial score (nSPS) is 31.6. The third-order valence-electron chi connectivity index (χ3n) is 6.61. The Morgan fingerprint density at radius 1 is 1.21 bits per heavy atom. The second-order valence-electron chi connectivity index (χ2n) is 8.45. The quantitative estimate of drug-likeness (QED) is 0.734. The Labute approximate surface area is 170 Å². The van der Waals surface area contributed by atoms with Crippen molar-refractivity contribution in [2.75, 3.05) is 19.6 Å². The first-order valence-corrected chi connectivity index (χ1v) is 11.6. The first-order valence-electron chi connectivity index (χ1n) is 10.8. The Balaban J connectivity index is 1.10. The molecule has 1 N–H and O–H groups in total. The number of nitrogens with one attached hydrogen (secondary N) is 1. The standard InChI is InChI=1S/C21H29N4O2S/c26-18(25-10-1-2-11-25)12-22-14-6-8-15(9-7-14)27-20-19-16-4-3-5-17(16)28-21(19)24-13-23-20/h13-15,19,22H,1-12H2/q+1. The van der Waals surface area contributed by atoms with Gasteiger partial charge in [0.15, 0.2) is 5.92 Å². The summed E-state index contributed by atoms with van der Waals surface area (Å²) < 4.78 is 10.9. The molecule has 7 heteroatoms. The molecule has 2 aliphatic carbocycles. The van der Waals surface area contributed by atoms with Gasteiger partial charge in [0.05, 0.1) is 6.54 Å². The molecule has 1 saturated heterocycles. The zero-order valence-corrected chi connectivity index (χ0v) is 17.2. The van der Waals surface area contributed by atoms with E-state index in [1.54, 1.807) is 6.34 Å². The van der Waals surface area contributed by atoms with Gasteiger partial charge in [-0.3, -0.25) is 4.79 Å². The molecule has 0 aromatic heterocycles. The van der Waals surface area contributed by atoms with E-state index in [4.69, 9.17) is 4.74 Å². The van der Waals surface area contributed by atoms with Crippen molar-refractivity contribution in [1.82, 2.24) is 14.9 Å². The summed E-state index contributed by atoms with van der Waals surface area (Å²) in [5.74, 6) is 1.32. The Morgan fingerprint density at radius 2 is 2.04 bits per heavy atom. The molecule has 0 radical (unpaired) electrons. The zero-order valence-electron chi connectivity index (χ0n) is 16.4. The highest BCUT2D eigenvalue weighted by atomic mass is 32.2. The number of hydrogen-bond donors (Lipinski definition) is 1. The molecule has 0 aromatic carbocycles. The minimum absolute atomic E-state index is 0.196. The van der Waals surface area contributed by atoms with Crippen LogP contribution < -0.4 is 9.98 Å². The van der Waals surface area contributed by atoms with Crippen molar-refractivity contribution in [3.63, 3.8) is 0 Å². The van der Waals surface area contributed by atoms with Gasteiger partial charge < -0.3 is 15.0 Å². The number of rotatable bonds is 4. The van der Waals surface area contributed by atoms with Crippen molar-refractivity contribution >= 4 is 34.9 Å². The summed E-state index contributed by atoms with van der Waals surface area (Å²) in [7, 11) is 0. The number of carbonyl (C=O) groups is 1. The molecule has 6 nitrogen and oxygen atoms in total. The highest BCUT2D eigenvalue weighted by Gasteiger charge is 2.46. The van der Waals surface area contributed by atoms with Gasteiger partial charge in [0.2, 0.25) is 5.91 Å². The number of amides is 1. The highest BCUT2D eigenvalue weighted by molar-refractivity contribution is 8.17. The third kappa shape index (κ3) is 3.68. The van der Waals surface area contributed by atoms with Gasteiger partial charge in [-0.05, 0) is 80.0 Å². The summed E-state index contributed by atoms with van der Waals surface area (Å²) in [4.78, 5) is 20.2. The number of hydrogen-bond acceptors (Lipinski definition) is 5. The summed E-state index contributed by atoms with van der Waals surface area (Å²) in [5.41, 5.74) is 1.51. The molecule has 0 spiro atoms. The van der Waals surface area contributed by atoms with E-state index in [1.807, 2.05) is 16.7 Å². The van der Waals surface area contributed by atoms with Crippen molar-refractivity contribution < 1.29 is 9.53 Å². The number of aliphatic imine (C=N–C) groups is 1. The number of carbonyl (C=O) groups excluding carboxylic acids is 1. The molecule has 28 heavy (non-hydrogen) atoms. The van der Waals surface area contributed by atoms with Gasteiger partial charge >= 0.3 is 12.2 Å². The van der Waals surface area contributed by atoms with Gasteiger partial charge in [-0.15, -0.1) is 0 Å². The van der Waals surface area contributed by atoms with Gasteiger partial charge in [-0.25, -0.2) is 4.67 Å². The fourth-order valence-electron chi connectivity index (χ4n) is 5.03. The first-order chi connectivity index (χ1) is 13.8. The molecule has 5 aliphatic rings. The monoisotopic (exact) mass is 401 g/mol. The van der Waals surface area contributed by atoms with Crippen LogP contribution in [0.15, 0.2) is 15.5 Å². The summed E-state index contributed by atoms with van der Waals surface area (Å²) in [5, 5.41) is 4.63. The largest absolute Gasteiger partial charge is 0.459 e. The van der Waals surface area contributed by atoms with Crippen molar-refractivity contribution in [2.24, 2.45) is 10.9 Å². The van der Waals surface area contributed by atoms with Crippen molar-refractivity contribution in [3.05, 3.63) is 10.5 Å². The lowest BCUT2D eigenvalue weighted by atomic mass is 9.92. The molecular weight excluding hydrogens is 372 g/mol. The number of fused-ring (bicyclic) bond motifs is 2. The van der Waals surface area contributed by atoms with E-state index in [0.717, 1.165) is 69.0 Å². The van der Waals surface area contributed by atoms with Crippen LogP contribution in [0.1, 0.15) is 57.8 Å². The van der Waals surface area contributed by atoms with Crippen LogP contribution in [0.2, 0.25) is 0 Å². The maximum atomic E-state index is 12.2. The number of nitrogens with zero attached hydrogens (tertiary/aromatic N) is 3. The molecule has 0 bridgehead atoms. The summed E-state index contributed by atoms with van der Waals surface area (Å²) in [6.07, 6.45) is 12.0. The van der Waals surface area contributed by atoms with Crippen molar-refractivity contribution in [2.45, 2.75) is 69.9 Å². The molecule has 0 aromatic rings. The van der Waals surface area contributed by atoms with E-state index >= 15 is 0 Å². The lowest BCUT2D eigenvalue weighted by Gasteiger charge is -2.30. The van der Waals surface area contributed by atoms with E-state index in [1.165, 1.54) is 23.3 Å². The second kappa shape index (κ2) is 8.05. The SMILES string of the molecule is O=C(CNC1CCC(OC2=NC=[N+]=C3SC4=C(CCC4)C23)CC1)N1CCCC1. The molecule has 3 aliphatic heterocycles. The van der Waals surface area contributed by atoms with Crippen LogP contribution >= 0.6 is 11.8 Å². The smallest absolute Gasteiger partial charge is 0.382 e. The lowest BCUT2D eigenvalue weighted by Crippen LogP contribution is -2.43. The number of allylic oxidation sites excluding steroid dienone is 1. The van der Waals surface area contributed by atoms with Gasteiger partial charge in [-0.2, -0.15) is 0 Å². The van der Waals surface area contributed by atoms with Crippen molar-refractivity contribution in [1.29, 1.82) is 0 Å². The van der Waals surface area contributed by atoms with Crippen molar-refractivity contribution in [3.8, 4) is 0 Å². The molecule has 2 fully saturated rings. The Morgan fingerprint density at radius 3 is 2.86 bits per heavy atom. The Kier molecular flexibility index (Phi) is 5.31. The van der Waals surface area contributed by atoms with Crippen LogP contribution in [0.4, 0.5) is 0 Å². The highest BCUT2D eigenvalue weighted by Crippen LogP contribution is 2.47. The van der Waals surface area contributed by atoms with Crippen LogP contribution in [0.25, 0.3) is 0 Å². The minimum Gasteiger partial charge on any atom is -0.459 e. The fraction of sp³-hybridized carbons (Fsp3) is 0.714. The molecule has 1 saturated carbocycles. The van der Waals surface area contributed by atoms with Crippen LogP contribution in [0, 0.1) is 5.92 Å². The third-order valence-corrected chi connectivity index (χ3v) is 7.87. The van der Waals surface area contributed by atoms with Gasteiger partial charge in [0.1, 0.15) is 6.10 Å². The van der Waals surface area contributed by atoms with Gasteiger partial charge in [-0.1, -0.05) is 0 Å². The summed E-state index contributed by atoms with van der Waals surface area (Å²) in [6, 6.07) is 0.426. The molecular formula is C21H29N4O2S+. The predicted octanol–water partition coefficient (Wildman–Crippen LogP) is 2.23. The second-order valence-corrected chi connectivity index (χ2v) is 9.56. The first kappa shape index (κ1) is 18.5. The van der Waals surface area contributed by atoms with Crippen LogP contribution in [0.5, 0.6) is 0 Å². The van der Waals surface area contributed by atoms with E-state index in [-0.39, 0.29) is 17.9 Å². The number of ether oxygens (including phenoxy) is 1. The fourth-order valence-corrected chi connectivity index (χ4v) is 6.34. The average molecular weight is 402 g/mol. The average Bonchev–Trinajstić information content (AvgIpc) is 3.44. The summed E-state index contributed by atoms with van der Waals surface area (Å²) >= 11 is 1.84. The molecule has 3 heterocycles.